The maximum absolute atomic E-state index is 11.0. The second-order valence-corrected chi connectivity index (χ2v) is 9.83. The number of carbonyl (C=O) groups excluding carboxylic acids is 2. The van der Waals surface area contributed by atoms with Gasteiger partial charge in [0.25, 0.3) is 0 Å². The summed E-state index contributed by atoms with van der Waals surface area (Å²) in [6, 6.07) is 0. The molecule has 0 fully saturated rings. The van der Waals surface area contributed by atoms with Gasteiger partial charge in [-0.3, -0.25) is 9.59 Å². The van der Waals surface area contributed by atoms with Crippen molar-refractivity contribution in [2.24, 2.45) is 29.6 Å². The molecule has 0 N–H and O–H groups in total. The highest BCUT2D eigenvalue weighted by atomic mass is 16.5. The van der Waals surface area contributed by atoms with Crippen molar-refractivity contribution in [3.05, 3.63) is 24.3 Å². The fourth-order valence-electron chi connectivity index (χ4n) is 1.72. The van der Waals surface area contributed by atoms with Crippen LogP contribution in [-0.2, 0) is 19.1 Å². The molecule has 31 heavy (non-hydrogen) atoms. The minimum Gasteiger partial charge on any atom is -0.463 e. The zero-order valence-corrected chi connectivity index (χ0v) is 22.5. The molecule has 0 heterocycles. The van der Waals surface area contributed by atoms with Gasteiger partial charge in [-0.1, -0.05) is 93.5 Å². The first-order valence-corrected chi connectivity index (χ1v) is 11.9. The standard InChI is InChI=1S/C11H20O2.C9H18.C7H14O2/c1-9(2)7-5-6-8-13-11(12)10(3)4;1-8(2)6-5-7-9(3)4;1-5(2)7(8)9-6(3)4/h5-6,9-10H,7-8H2,1-4H3;5-6,8-9H,7H2,1-4H3;5-6H,1-4H3/b2*6-5-;. The molecule has 0 saturated carbocycles. The maximum Gasteiger partial charge on any atom is 0.308 e. The lowest BCUT2D eigenvalue weighted by molar-refractivity contribution is -0.151. The highest BCUT2D eigenvalue weighted by molar-refractivity contribution is 5.71. The van der Waals surface area contributed by atoms with Gasteiger partial charge < -0.3 is 9.47 Å². The van der Waals surface area contributed by atoms with Gasteiger partial charge in [-0.05, 0) is 44.4 Å². The van der Waals surface area contributed by atoms with E-state index in [1.165, 1.54) is 6.42 Å². The summed E-state index contributed by atoms with van der Waals surface area (Å²) in [5.41, 5.74) is 0. The predicted molar refractivity (Wildman–Crippen MR) is 134 cm³/mol. The molecular formula is C27H52O4. The zero-order chi connectivity index (χ0) is 25.0. The Morgan fingerprint density at radius 2 is 1.10 bits per heavy atom. The molecule has 0 rings (SSSR count). The Morgan fingerprint density at radius 1 is 0.645 bits per heavy atom. The molecule has 0 spiro atoms. The molecular weight excluding hydrogens is 388 g/mol. The average Bonchev–Trinajstić information content (AvgIpc) is 2.60. The van der Waals surface area contributed by atoms with E-state index in [1.807, 2.05) is 47.6 Å². The third-order valence-electron chi connectivity index (χ3n) is 3.52. The fraction of sp³-hybridized carbons (Fsp3) is 0.778. The topological polar surface area (TPSA) is 52.6 Å². The van der Waals surface area contributed by atoms with Crippen LogP contribution in [-0.4, -0.2) is 24.6 Å². The third kappa shape index (κ3) is 33.3. The molecule has 4 heteroatoms. The Balaban J connectivity index is -0.000000390. The zero-order valence-electron chi connectivity index (χ0n) is 22.5. The molecule has 0 aliphatic carbocycles. The number of hydrogen-bond donors (Lipinski definition) is 0. The summed E-state index contributed by atoms with van der Waals surface area (Å²) in [6.07, 6.45) is 10.8. The summed E-state index contributed by atoms with van der Waals surface area (Å²) in [7, 11) is 0. The van der Waals surface area contributed by atoms with Crippen molar-refractivity contribution in [1.29, 1.82) is 0 Å². The van der Waals surface area contributed by atoms with E-state index < -0.39 is 0 Å². The van der Waals surface area contributed by atoms with Crippen LogP contribution in [0.5, 0.6) is 0 Å². The largest absolute Gasteiger partial charge is 0.463 e. The first-order valence-electron chi connectivity index (χ1n) is 11.9. The summed E-state index contributed by atoms with van der Waals surface area (Å²) in [6.45, 7) is 24.6. The summed E-state index contributed by atoms with van der Waals surface area (Å²) in [4.78, 5) is 21.7. The van der Waals surface area contributed by atoms with Gasteiger partial charge in [-0.2, -0.15) is 0 Å². The molecule has 0 amide bonds. The molecule has 0 atom stereocenters. The Hall–Kier alpha value is -1.58. The Kier molecular flexibility index (Phi) is 23.8. The van der Waals surface area contributed by atoms with Gasteiger partial charge in [0.2, 0.25) is 0 Å². The average molecular weight is 441 g/mol. The molecule has 0 radical (unpaired) electrons. The molecule has 0 bridgehead atoms. The highest BCUT2D eigenvalue weighted by Gasteiger charge is 2.08. The molecule has 0 aliphatic heterocycles. The molecule has 0 saturated heterocycles. The second-order valence-electron chi connectivity index (χ2n) is 9.83. The van der Waals surface area contributed by atoms with Gasteiger partial charge in [0.05, 0.1) is 17.9 Å². The Bertz CT molecular complexity index is 483. The first kappa shape index (κ1) is 34.0. The normalized spacial score (nSPS) is 11.4. The molecule has 4 nitrogen and oxygen atoms in total. The molecule has 184 valence electrons. The van der Waals surface area contributed by atoms with E-state index in [2.05, 4.69) is 59.8 Å². The summed E-state index contributed by atoms with van der Waals surface area (Å²) < 4.78 is 9.83. The number of esters is 2. The highest BCUT2D eigenvalue weighted by Crippen LogP contribution is 2.03. The summed E-state index contributed by atoms with van der Waals surface area (Å²) in [5, 5.41) is 0. The third-order valence-corrected chi connectivity index (χ3v) is 3.52. The minimum atomic E-state index is -0.130. The van der Waals surface area contributed by atoms with E-state index in [4.69, 9.17) is 9.47 Å². The SMILES string of the molecule is CC(C)/C=C\CC(C)C.CC(C)C/C=C\COC(=O)C(C)C.CC(C)OC(=O)C(C)C. The van der Waals surface area contributed by atoms with Gasteiger partial charge in [-0.25, -0.2) is 0 Å². The number of carbonyl (C=O) groups is 2. The Morgan fingerprint density at radius 3 is 1.42 bits per heavy atom. The fourth-order valence-corrected chi connectivity index (χ4v) is 1.72. The number of hydrogen-bond acceptors (Lipinski definition) is 4. The van der Waals surface area contributed by atoms with Crippen molar-refractivity contribution in [3.8, 4) is 0 Å². The van der Waals surface area contributed by atoms with Crippen LogP contribution in [0.25, 0.3) is 0 Å². The smallest absolute Gasteiger partial charge is 0.308 e. The lowest BCUT2D eigenvalue weighted by Crippen LogP contribution is -2.16. The van der Waals surface area contributed by atoms with Gasteiger partial charge in [0, 0.05) is 0 Å². The molecule has 0 aromatic rings. The van der Waals surface area contributed by atoms with Gasteiger partial charge in [0.15, 0.2) is 0 Å². The van der Waals surface area contributed by atoms with Crippen LogP contribution in [0.1, 0.15) is 95.9 Å². The van der Waals surface area contributed by atoms with E-state index in [9.17, 15) is 9.59 Å². The van der Waals surface area contributed by atoms with Crippen molar-refractivity contribution in [2.45, 2.75) is 102 Å². The Labute approximate surface area is 193 Å². The predicted octanol–water partition coefficient (Wildman–Crippen LogP) is 7.63. The van der Waals surface area contributed by atoms with Crippen LogP contribution >= 0.6 is 0 Å². The van der Waals surface area contributed by atoms with Crippen molar-refractivity contribution >= 4 is 11.9 Å². The lowest BCUT2D eigenvalue weighted by atomic mass is 10.1. The van der Waals surface area contributed by atoms with Crippen molar-refractivity contribution < 1.29 is 19.1 Å². The van der Waals surface area contributed by atoms with Gasteiger partial charge in [0.1, 0.15) is 6.61 Å². The van der Waals surface area contributed by atoms with Gasteiger partial charge in [-0.15, -0.1) is 0 Å². The molecule has 0 aromatic heterocycles. The van der Waals surface area contributed by atoms with Crippen LogP contribution < -0.4 is 0 Å². The van der Waals surface area contributed by atoms with E-state index in [1.54, 1.807) is 0 Å². The second kappa shape index (κ2) is 21.6. The first-order chi connectivity index (χ1) is 14.2. The lowest BCUT2D eigenvalue weighted by Gasteiger charge is -2.08. The minimum absolute atomic E-state index is 0.00704. The van der Waals surface area contributed by atoms with Gasteiger partial charge >= 0.3 is 11.9 Å². The molecule has 0 unspecified atom stereocenters. The van der Waals surface area contributed by atoms with Crippen molar-refractivity contribution in [2.75, 3.05) is 6.61 Å². The summed E-state index contributed by atoms with van der Waals surface area (Å²) in [5.74, 6) is 1.89. The van der Waals surface area contributed by atoms with Crippen molar-refractivity contribution in [3.63, 3.8) is 0 Å². The van der Waals surface area contributed by atoms with E-state index in [0.29, 0.717) is 18.4 Å². The monoisotopic (exact) mass is 440 g/mol. The van der Waals surface area contributed by atoms with E-state index >= 15 is 0 Å². The van der Waals surface area contributed by atoms with Crippen LogP contribution in [0, 0.1) is 29.6 Å². The van der Waals surface area contributed by atoms with Crippen LogP contribution in [0.2, 0.25) is 0 Å². The number of rotatable bonds is 10. The maximum atomic E-state index is 11.0. The van der Waals surface area contributed by atoms with E-state index in [0.717, 1.165) is 12.3 Å². The molecule has 0 aliphatic rings. The number of ether oxygens (including phenoxy) is 2. The molecule has 0 aromatic carbocycles. The van der Waals surface area contributed by atoms with Crippen LogP contribution in [0.3, 0.4) is 0 Å². The van der Waals surface area contributed by atoms with Crippen LogP contribution in [0.4, 0.5) is 0 Å². The van der Waals surface area contributed by atoms with Crippen LogP contribution in [0.15, 0.2) is 24.3 Å². The van der Waals surface area contributed by atoms with Crippen molar-refractivity contribution in [1.82, 2.24) is 0 Å². The quantitative estimate of drug-likeness (QED) is 0.259. The number of allylic oxidation sites excluding steroid dienone is 3. The van der Waals surface area contributed by atoms with E-state index in [-0.39, 0.29) is 29.9 Å². The summed E-state index contributed by atoms with van der Waals surface area (Å²) >= 11 is 0.